The van der Waals surface area contributed by atoms with Crippen molar-refractivity contribution in [3.05, 3.63) is 89.1 Å². The number of fused-ring (bicyclic) bond motifs is 1. The van der Waals surface area contributed by atoms with Crippen LogP contribution in [-0.2, 0) is 16.0 Å². The number of alkyl halides is 2. The number of benzene rings is 2. The maximum Gasteiger partial charge on any atom is 0.317 e. The van der Waals surface area contributed by atoms with Crippen molar-refractivity contribution in [2.75, 3.05) is 36.5 Å². The number of carbonyl (C=O) groups is 1. The number of ether oxygens (including phenoxy) is 1. The Labute approximate surface area is 222 Å². The highest BCUT2D eigenvalue weighted by atomic mass is 19.3. The number of morpholine rings is 1. The van der Waals surface area contributed by atoms with E-state index in [-0.39, 0.29) is 35.4 Å². The van der Waals surface area contributed by atoms with Gasteiger partial charge in [-0.25, -0.2) is 13.8 Å². The van der Waals surface area contributed by atoms with E-state index in [1.54, 1.807) is 0 Å². The summed E-state index contributed by atoms with van der Waals surface area (Å²) in [7, 11) is 0. The van der Waals surface area contributed by atoms with E-state index in [1.165, 1.54) is 6.07 Å². The Morgan fingerprint density at radius 1 is 1.00 bits per heavy atom. The molecule has 0 spiro atoms. The molecule has 9 nitrogen and oxygen atoms in total. The number of pyridine rings is 1. The number of hydrogen-bond donors (Lipinski definition) is 1. The molecule has 0 amide bonds. The fourth-order valence-electron chi connectivity index (χ4n) is 4.69. The Balaban J connectivity index is 1.33. The third-order valence-electron chi connectivity index (χ3n) is 6.63. The summed E-state index contributed by atoms with van der Waals surface area (Å²) in [6.07, 6.45) is -2.38. The molecule has 0 saturated carbocycles. The van der Waals surface area contributed by atoms with Crippen LogP contribution in [0.15, 0.2) is 76.3 Å². The van der Waals surface area contributed by atoms with Crippen molar-refractivity contribution in [3.63, 3.8) is 0 Å². The third-order valence-corrected chi connectivity index (χ3v) is 6.63. The number of ketones is 1. The third kappa shape index (κ3) is 5.13. The summed E-state index contributed by atoms with van der Waals surface area (Å²) < 4.78 is 38.1. The van der Waals surface area contributed by atoms with Crippen molar-refractivity contribution in [3.8, 4) is 11.6 Å². The van der Waals surface area contributed by atoms with Crippen LogP contribution in [0.1, 0.15) is 28.7 Å². The van der Waals surface area contributed by atoms with E-state index in [1.807, 2.05) is 59.5 Å². The maximum absolute atomic E-state index is 13.4. The number of aromatic nitrogens is 3. The molecule has 1 saturated heterocycles. The Morgan fingerprint density at radius 3 is 2.56 bits per heavy atom. The van der Waals surface area contributed by atoms with Crippen LogP contribution in [0.25, 0.3) is 11.6 Å². The predicted molar refractivity (Wildman–Crippen MR) is 140 cm³/mol. The molecule has 1 N–H and O–H groups in total. The van der Waals surface area contributed by atoms with E-state index in [0.29, 0.717) is 37.7 Å². The molecule has 1 atom stereocenters. The molecular formula is C28H24F2N6O3. The minimum atomic E-state index is -2.67. The average Bonchev–Trinajstić information content (AvgIpc) is 3.39. The molecule has 4 aromatic rings. The first kappa shape index (κ1) is 24.8. The van der Waals surface area contributed by atoms with Gasteiger partial charge in [0.15, 0.2) is 17.6 Å². The average molecular weight is 531 g/mol. The van der Waals surface area contributed by atoms with Gasteiger partial charge in [-0.2, -0.15) is 0 Å². The predicted octanol–water partition coefficient (Wildman–Crippen LogP) is 4.31. The molecule has 11 heteroatoms. The Bertz CT molecular complexity index is 1520. The summed E-state index contributed by atoms with van der Waals surface area (Å²) in [5, 5.41) is 11.1. The maximum atomic E-state index is 13.4. The summed E-state index contributed by atoms with van der Waals surface area (Å²) in [6, 6.07) is 18.7. The molecule has 0 bridgehead atoms. The lowest BCUT2D eigenvalue weighted by atomic mass is 9.96. The lowest BCUT2D eigenvalue weighted by molar-refractivity contribution is -0.119. The molecule has 0 aliphatic carbocycles. The summed E-state index contributed by atoms with van der Waals surface area (Å²) in [5.41, 5.74) is 3.82. The van der Waals surface area contributed by atoms with Gasteiger partial charge in [-0.3, -0.25) is 9.79 Å². The Kier molecular flexibility index (Phi) is 6.80. The highest BCUT2D eigenvalue weighted by Gasteiger charge is 2.28. The summed E-state index contributed by atoms with van der Waals surface area (Å²) in [6.45, 7) is 1.94. The fraction of sp³-hybridized carbons (Fsp3) is 0.250. The minimum Gasteiger partial charge on any atom is -0.402 e. The monoisotopic (exact) mass is 530 g/mol. The second-order valence-electron chi connectivity index (χ2n) is 9.14. The topological polar surface area (TPSA) is 106 Å². The van der Waals surface area contributed by atoms with Gasteiger partial charge < -0.3 is 19.4 Å². The van der Waals surface area contributed by atoms with Crippen LogP contribution in [-0.4, -0.2) is 59.1 Å². The van der Waals surface area contributed by atoms with Crippen LogP contribution in [0.3, 0.4) is 0 Å². The first-order valence-electron chi connectivity index (χ1n) is 12.5. The number of halogens is 2. The van der Waals surface area contributed by atoms with Crippen molar-refractivity contribution >= 4 is 23.2 Å². The van der Waals surface area contributed by atoms with Crippen molar-refractivity contribution in [1.82, 2.24) is 15.2 Å². The van der Waals surface area contributed by atoms with Crippen molar-refractivity contribution in [2.45, 2.75) is 19.0 Å². The molecule has 4 heterocycles. The molecule has 198 valence electrons. The lowest BCUT2D eigenvalue weighted by Gasteiger charge is -2.29. The van der Waals surface area contributed by atoms with E-state index in [0.717, 1.165) is 22.9 Å². The normalized spacial score (nSPS) is 17.5. The van der Waals surface area contributed by atoms with Gasteiger partial charge in [-0.1, -0.05) is 59.7 Å². The largest absolute Gasteiger partial charge is 0.402 e. The van der Waals surface area contributed by atoms with Gasteiger partial charge in [0.2, 0.25) is 0 Å². The number of rotatable bonds is 6. The Morgan fingerprint density at radius 2 is 1.77 bits per heavy atom. The molecule has 39 heavy (non-hydrogen) atoms. The zero-order valence-electron chi connectivity index (χ0n) is 20.8. The number of Topliss-reactive ketones (excluding diaryl/α,β-unsaturated/α-hetero) is 1. The molecule has 6 rings (SSSR count). The minimum absolute atomic E-state index is 0.0295. The van der Waals surface area contributed by atoms with Crippen LogP contribution in [0, 0.1) is 0 Å². The van der Waals surface area contributed by atoms with Gasteiger partial charge in [0.05, 0.1) is 24.6 Å². The summed E-state index contributed by atoms with van der Waals surface area (Å²) in [5.74, 6) is -0.127. The SMILES string of the molecule is O=C1Cc2ccccc2C(c2ccccc2)=N[C@@H]1Nc1nnc(-c2ncc(C(F)F)cc2N2CCOCC2)o1. The van der Waals surface area contributed by atoms with Gasteiger partial charge >= 0.3 is 6.01 Å². The van der Waals surface area contributed by atoms with E-state index in [4.69, 9.17) is 14.1 Å². The van der Waals surface area contributed by atoms with Crippen LogP contribution in [0.2, 0.25) is 0 Å². The molecule has 2 aliphatic heterocycles. The molecule has 0 unspecified atom stereocenters. The summed E-state index contributed by atoms with van der Waals surface area (Å²) in [4.78, 5) is 24.1. The van der Waals surface area contributed by atoms with Crippen LogP contribution in [0.4, 0.5) is 20.5 Å². The number of aliphatic imine (C=N–C) groups is 1. The second kappa shape index (κ2) is 10.7. The molecular weight excluding hydrogens is 506 g/mol. The van der Waals surface area contributed by atoms with Crippen LogP contribution < -0.4 is 10.2 Å². The molecule has 2 aliphatic rings. The molecule has 2 aromatic carbocycles. The quantitative estimate of drug-likeness (QED) is 0.393. The highest BCUT2D eigenvalue weighted by Crippen LogP contribution is 2.33. The molecule has 0 radical (unpaired) electrons. The second-order valence-corrected chi connectivity index (χ2v) is 9.14. The van der Waals surface area contributed by atoms with Crippen molar-refractivity contribution in [2.24, 2.45) is 4.99 Å². The molecule has 2 aromatic heterocycles. The number of hydrogen-bond acceptors (Lipinski definition) is 9. The number of anilines is 2. The van der Waals surface area contributed by atoms with Gasteiger partial charge in [-0.05, 0) is 11.6 Å². The standard InChI is InChI=1S/C28H24F2N6O3/c29-25(30)19-14-21(36-10-12-38-13-11-36)24(31-16-19)27-34-35-28(39-27)33-26-22(37)15-18-8-4-5-9-20(18)23(32-26)17-6-2-1-3-7-17/h1-9,14,16,25-26H,10-13,15H2,(H,33,35)/t26-/m1/s1. The van der Waals surface area contributed by atoms with Crippen LogP contribution >= 0.6 is 0 Å². The Hall–Kier alpha value is -4.51. The van der Waals surface area contributed by atoms with Gasteiger partial charge in [0.25, 0.3) is 12.3 Å². The van der Waals surface area contributed by atoms with Gasteiger partial charge in [-0.15, -0.1) is 5.10 Å². The number of nitrogens with one attached hydrogen (secondary N) is 1. The summed E-state index contributed by atoms with van der Waals surface area (Å²) >= 11 is 0. The van der Waals surface area contributed by atoms with Crippen molar-refractivity contribution in [1.29, 1.82) is 0 Å². The lowest BCUT2D eigenvalue weighted by Crippen LogP contribution is -2.36. The van der Waals surface area contributed by atoms with E-state index in [9.17, 15) is 13.6 Å². The van der Waals surface area contributed by atoms with E-state index >= 15 is 0 Å². The van der Waals surface area contributed by atoms with Crippen molar-refractivity contribution < 1.29 is 22.7 Å². The molecule has 1 fully saturated rings. The van der Waals surface area contributed by atoms with Gasteiger partial charge in [0, 0.05) is 42.4 Å². The zero-order valence-corrected chi connectivity index (χ0v) is 20.8. The zero-order chi connectivity index (χ0) is 26.8. The number of nitrogens with zero attached hydrogens (tertiary/aromatic N) is 5. The van der Waals surface area contributed by atoms with Gasteiger partial charge in [0.1, 0.15) is 0 Å². The highest BCUT2D eigenvalue weighted by molar-refractivity contribution is 6.16. The first-order chi connectivity index (χ1) is 19.1. The smallest absolute Gasteiger partial charge is 0.317 e. The number of carbonyl (C=O) groups excluding carboxylic acids is 1. The fourth-order valence-corrected chi connectivity index (χ4v) is 4.69. The van der Waals surface area contributed by atoms with E-state index < -0.39 is 12.6 Å². The van der Waals surface area contributed by atoms with Crippen LogP contribution in [0.5, 0.6) is 0 Å². The van der Waals surface area contributed by atoms with E-state index in [2.05, 4.69) is 20.5 Å². The first-order valence-corrected chi connectivity index (χ1v) is 12.5.